The number of benzene rings is 4. The quantitative estimate of drug-likeness (QED) is 0.0988. The summed E-state index contributed by atoms with van der Waals surface area (Å²) in [5.74, 6) is 2.45. The summed E-state index contributed by atoms with van der Waals surface area (Å²) < 4.78 is 32.1. The molecule has 4 atom stereocenters. The van der Waals surface area contributed by atoms with E-state index in [4.69, 9.17) is 51.2 Å². The van der Waals surface area contributed by atoms with Crippen molar-refractivity contribution in [3.05, 3.63) is 95.0 Å². The molecule has 0 radical (unpaired) electrons. The summed E-state index contributed by atoms with van der Waals surface area (Å²) in [6.07, 6.45) is 5.67. The molecule has 64 heavy (non-hydrogen) atoms. The smallest absolute Gasteiger partial charge is 0.310 e. The lowest BCUT2D eigenvalue weighted by molar-refractivity contribution is -0.146. The maximum absolute atomic E-state index is 12.0. The van der Waals surface area contributed by atoms with Crippen molar-refractivity contribution in [3.8, 4) is 57.2 Å². The number of halogens is 2. The van der Waals surface area contributed by atoms with Gasteiger partial charge < -0.3 is 38.6 Å². The minimum Gasteiger partial charge on any atom is -0.489 e. The minimum atomic E-state index is -0.154. The number of hydrogen-bond acceptors (Lipinski definition) is 14. The maximum atomic E-state index is 12.0. The van der Waals surface area contributed by atoms with Crippen LogP contribution in [0.4, 0.5) is 11.4 Å². The molecule has 14 nitrogen and oxygen atoms in total. The molecule has 6 aromatic rings. The average Bonchev–Trinajstić information content (AvgIpc) is 4.14. The average molecular weight is 912 g/mol. The highest BCUT2D eigenvalue weighted by molar-refractivity contribution is 6.32. The van der Waals surface area contributed by atoms with Crippen LogP contribution in [0.3, 0.4) is 0 Å². The Morgan fingerprint density at radius 3 is 1.30 bits per heavy atom. The van der Waals surface area contributed by atoms with Gasteiger partial charge in [0.1, 0.15) is 11.5 Å². The first-order chi connectivity index (χ1) is 30.9. The summed E-state index contributed by atoms with van der Waals surface area (Å²) in [6, 6.07) is 26.4. The number of esters is 2. The number of carbonyl (C=O) groups is 2. The first-order valence-electron chi connectivity index (χ1n) is 21.4. The van der Waals surface area contributed by atoms with Gasteiger partial charge >= 0.3 is 11.9 Å². The summed E-state index contributed by atoms with van der Waals surface area (Å²) in [5.41, 5.74) is 4.96. The Balaban J connectivity index is 0.000000191. The van der Waals surface area contributed by atoms with Crippen molar-refractivity contribution in [2.75, 3.05) is 24.9 Å². The second kappa shape index (κ2) is 21.0. The van der Waals surface area contributed by atoms with Crippen molar-refractivity contribution in [1.82, 2.24) is 20.3 Å². The molecule has 0 amide bonds. The van der Waals surface area contributed by atoms with Gasteiger partial charge in [-0.1, -0.05) is 46.4 Å². The first-order valence-corrected chi connectivity index (χ1v) is 22.1. The SMILES string of the molecule is COC(=O)[C@@H]1CCC[C@@H]1Nc1ccc(-c2nc(-c3ccc(OC(C)C)c(Cl)c3)no2)cc1.COC(=O)[C@H]1CCC[C@H]1Nc1ccc(-c2nc(-c3ccc(OC(C)C)c(Cl)c3)no2)cc1. The number of anilines is 2. The third-order valence-electron chi connectivity index (χ3n) is 11.0. The van der Waals surface area contributed by atoms with Crippen molar-refractivity contribution in [3.63, 3.8) is 0 Å². The molecule has 2 aliphatic carbocycles. The Hall–Kier alpha value is -6.12. The number of aromatic nitrogens is 4. The second-order valence-electron chi connectivity index (χ2n) is 16.2. The molecule has 4 aromatic carbocycles. The molecule has 336 valence electrons. The molecule has 2 N–H and O–H groups in total. The van der Waals surface area contributed by atoms with Crippen LogP contribution in [0.1, 0.15) is 66.2 Å². The van der Waals surface area contributed by atoms with Crippen molar-refractivity contribution in [2.45, 2.75) is 90.5 Å². The van der Waals surface area contributed by atoms with E-state index in [0.29, 0.717) is 45.0 Å². The Labute approximate surface area is 382 Å². The third-order valence-corrected chi connectivity index (χ3v) is 11.6. The lowest BCUT2D eigenvalue weighted by Gasteiger charge is -2.20. The zero-order chi connectivity index (χ0) is 45.3. The molecule has 0 saturated heterocycles. The fraction of sp³-hybridized carbons (Fsp3) is 0.375. The van der Waals surface area contributed by atoms with Crippen LogP contribution in [0.15, 0.2) is 94.0 Å². The molecule has 0 bridgehead atoms. The highest BCUT2D eigenvalue weighted by Crippen LogP contribution is 2.35. The lowest BCUT2D eigenvalue weighted by Crippen LogP contribution is -2.30. The molecule has 16 heteroatoms. The van der Waals surface area contributed by atoms with E-state index in [1.165, 1.54) is 14.2 Å². The van der Waals surface area contributed by atoms with E-state index < -0.39 is 0 Å². The second-order valence-corrected chi connectivity index (χ2v) is 17.1. The van der Waals surface area contributed by atoms with Crippen molar-refractivity contribution in [2.24, 2.45) is 11.8 Å². The van der Waals surface area contributed by atoms with Crippen molar-refractivity contribution >= 4 is 46.5 Å². The van der Waals surface area contributed by atoms with Gasteiger partial charge in [-0.05, 0) is 138 Å². The highest BCUT2D eigenvalue weighted by Gasteiger charge is 2.35. The van der Waals surface area contributed by atoms with Crippen LogP contribution in [0.2, 0.25) is 10.0 Å². The number of nitrogens with zero attached hydrogens (tertiary/aromatic N) is 4. The van der Waals surface area contributed by atoms with Crippen LogP contribution in [-0.2, 0) is 19.1 Å². The number of ether oxygens (including phenoxy) is 4. The van der Waals surface area contributed by atoms with E-state index in [-0.39, 0.29) is 48.1 Å². The molecule has 2 heterocycles. The van der Waals surface area contributed by atoms with Gasteiger partial charge in [0.2, 0.25) is 11.6 Å². The van der Waals surface area contributed by atoms with Crippen molar-refractivity contribution in [1.29, 1.82) is 0 Å². The number of methoxy groups -OCH3 is 2. The largest absolute Gasteiger partial charge is 0.489 e. The van der Waals surface area contributed by atoms with Gasteiger partial charge in [-0.2, -0.15) is 9.97 Å². The van der Waals surface area contributed by atoms with Crippen LogP contribution >= 0.6 is 23.2 Å². The highest BCUT2D eigenvalue weighted by atomic mass is 35.5. The molecule has 2 aliphatic rings. The molecule has 8 rings (SSSR count). The Bertz CT molecular complexity index is 2340. The Morgan fingerprint density at radius 1 is 0.578 bits per heavy atom. The summed E-state index contributed by atoms with van der Waals surface area (Å²) >= 11 is 12.7. The summed E-state index contributed by atoms with van der Waals surface area (Å²) in [6.45, 7) is 7.78. The normalized spacial score (nSPS) is 18.0. The van der Waals surface area contributed by atoms with Crippen LogP contribution in [0.5, 0.6) is 11.5 Å². The topological polar surface area (TPSA) is 173 Å². The third kappa shape index (κ3) is 11.3. The van der Waals surface area contributed by atoms with Gasteiger partial charge in [-0.3, -0.25) is 9.59 Å². The number of rotatable bonds is 14. The molecule has 2 aromatic heterocycles. The Morgan fingerprint density at radius 2 is 0.953 bits per heavy atom. The van der Waals surface area contributed by atoms with Gasteiger partial charge in [-0.15, -0.1) is 0 Å². The zero-order valence-corrected chi connectivity index (χ0v) is 38.1. The van der Waals surface area contributed by atoms with Gasteiger partial charge in [-0.25, -0.2) is 0 Å². The fourth-order valence-corrected chi connectivity index (χ4v) is 8.32. The monoisotopic (exact) mass is 910 g/mol. The first kappa shape index (κ1) is 45.9. The van der Waals surface area contributed by atoms with E-state index >= 15 is 0 Å². The van der Waals surface area contributed by atoms with E-state index in [1.54, 1.807) is 24.3 Å². The predicted octanol–water partition coefficient (Wildman–Crippen LogP) is 11.2. The van der Waals surface area contributed by atoms with Crippen molar-refractivity contribution < 1.29 is 37.6 Å². The molecule has 0 spiro atoms. The van der Waals surface area contributed by atoms with Gasteiger partial charge in [0.05, 0.1) is 48.3 Å². The predicted molar refractivity (Wildman–Crippen MR) is 245 cm³/mol. The van der Waals surface area contributed by atoms with Gasteiger partial charge in [0.25, 0.3) is 11.8 Å². The standard InChI is InChI=1S/2C24H26ClN3O4/c2*1-14(2)31-21-12-9-16(13-19(21)25)22-27-23(32-28-22)15-7-10-17(11-8-15)26-20-6-4-5-18(20)24(29)30-3/h2*7-14,18,20,26H,4-6H2,1-3H3/t2*18-,20+/m10/s1. The van der Waals surface area contributed by atoms with E-state index in [1.807, 2.05) is 88.4 Å². The number of nitrogens with one attached hydrogen (secondary N) is 2. The maximum Gasteiger partial charge on any atom is 0.310 e. The molecule has 2 saturated carbocycles. The molecule has 0 unspecified atom stereocenters. The lowest BCUT2D eigenvalue weighted by atomic mass is 10.0. The molecular weight excluding hydrogens is 859 g/mol. The summed E-state index contributed by atoms with van der Waals surface area (Å²) in [4.78, 5) is 32.9. The van der Waals surface area contributed by atoms with Crippen LogP contribution in [0.25, 0.3) is 45.7 Å². The van der Waals surface area contributed by atoms with E-state index in [2.05, 4.69) is 30.9 Å². The number of hydrogen-bond donors (Lipinski definition) is 2. The van der Waals surface area contributed by atoms with Crippen LogP contribution in [-0.4, -0.2) is 70.7 Å². The van der Waals surface area contributed by atoms with E-state index in [9.17, 15) is 9.59 Å². The zero-order valence-electron chi connectivity index (χ0n) is 36.6. The molecule has 0 aliphatic heterocycles. The summed E-state index contributed by atoms with van der Waals surface area (Å²) in [5, 5.41) is 16.1. The fourth-order valence-electron chi connectivity index (χ4n) is 7.87. The van der Waals surface area contributed by atoms with Gasteiger partial charge in [0.15, 0.2) is 0 Å². The van der Waals surface area contributed by atoms with E-state index in [0.717, 1.165) is 72.2 Å². The van der Waals surface area contributed by atoms with Crippen LogP contribution < -0.4 is 20.1 Å². The summed E-state index contributed by atoms with van der Waals surface area (Å²) in [7, 11) is 2.87. The Kier molecular flexibility index (Phi) is 15.1. The molecular formula is C48H52Cl2N6O8. The van der Waals surface area contributed by atoms with Crippen LogP contribution in [0, 0.1) is 11.8 Å². The minimum absolute atomic E-state index is 0.0348. The molecule has 2 fully saturated rings. The number of carbonyl (C=O) groups excluding carboxylic acids is 2. The van der Waals surface area contributed by atoms with Gasteiger partial charge in [0, 0.05) is 45.7 Å².